The molecule has 5 heterocycles. The van der Waals surface area contributed by atoms with Crippen LogP contribution in [0.1, 0.15) is 59.4 Å². The van der Waals surface area contributed by atoms with Crippen LogP contribution in [-0.4, -0.2) is 167 Å². The maximum atomic E-state index is 15.6. The smallest absolute Gasteiger partial charge is 0.341 e. The van der Waals surface area contributed by atoms with Gasteiger partial charge in [-0.05, 0) is 56.9 Å². The van der Waals surface area contributed by atoms with Gasteiger partial charge < -0.3 is 60.5 Å². The lowest BCUT2D eigenvalue weighted by molar-refractivity contribution is -0.139. The number of piperazine rings is 3. The fourth-order valence-electron chi connectivity index (χ4n) is 9.44. The summed E-state index contributed by atoms with van der Waals surface area (Å²) in [5, 5.41) is 36.7. The van der Waals surface area contributed by atoms with E-state index in [4.69, 9.17) is 22.3 Å². The summed E-state index contributed by atoms with van der Waals surface area (Å²) in [6, 6.07) is 5.57. The van der Waals surface area contributed by atoms with Crippen molar-refractivity contribution in [2.75, 3.05) is 93.2 Å². The van der Waals surface area contributed by atoms with Crippen molar-refractivity contribution in [2.45, 2.75) is 50.7 Å². The van der Waals surface area contributed by atoms with Crippen LogP contribution in [0, 0.1) is 28.4 Å². The van der Waals surface area contributed by atoms with Gasteiger partial charge in [-0.1, -0.05) is 0 Å². The quantitative estimate of drug-likeness (QED) is 0.117. The number of Topliss-reactive ketones (excluding diaryl/α,β-unsaturated/α-hetero) is 1. The number of hydrogen-bond donors (Lipinski definition) is 6. The molecule has 4 aliphatic heterocycles. The van der Waals surface area contributed by atoms with E-state index in [2.05, 4.69) is 9.98 Å². The van der Waals surface area contributed by atoms with Gasteiger partial charge in [0.15, 0.2) is 17.7 Å². The molecule has 2 aromatic carbocycles. The number of benzene rings is 2. The average Bonchev–Trinajstić information content (AvgIpc) is 4.22. The molecule has 0 radical (unpaired) electrons. The molecule has 22 heteroatoms. The number of aromatic carboxylic acids is 1. The second-order valence-electron chi connectivity index (χ2n) is 17.6. The van der Waals surface area contributed by atoms with Crippen molar-refractivity contribution in [1.82, 2.24) is 24.2 Å². The number of aromatic nitrogens is 1. The number of ketones is 1. The van der Waals surface area contributed by atoms with Gasteiger partial charge in [0.2, 0.25) is 17.3 Å². The summed E-state index contributed by atoms with van der Waals surface area (Å²) in [6.07, 6.45) is 4.81. The molecule has 2 atom stereocenters. The number of aliphatic carboxylic acids is 1. The maximum absolute atomic E-state index is 15.6. The first-order valence-electron chi connectivity index (χ1n) is 21.9. The van der Waals surface area contributed by atoms with Crippen molar-refractivity contribution in [1.29, 1.82) is 10.8 Å². The van der Waals surface area contributed by atoms with Gasteiger partial charge in [-0.15, -0.1) is 0 Å². The van der Waals surface area contributed by atoms with Crippen LogP contribution in [0.5, 0.6) is 0 Å². The summed E-state index contributed by atoms with van der Waals surface area (Å²) >= 11 is 0. The van der Waals surface area contributed by atoms with E-state index in [9.17, 15) is 29.4 Å². The Morgan fingerprint density at radius 1 is 0.708 bits per heavy atom. The fourth-order valence-corrected chi connectivity index (χ4v) is 9.44. The molecule has 65 heavy (non-hydrogen) atoms. The van der Waals surface area contributed by atoms with E-state index in [0.717, 1.165) is 31.7 Å². The van der Waals surface area contributed by atoms with E-state index in [1.165, 1.54) is 12.3 Å². The molecule has 1 aromatic heterocycles. The number of carbonyl (C=O) groups is 3. The van der Waals surface area contributed by atoms with E-state index in [-0.39, 0.29) is 65.0 Å². The summed E-state index contributed by atoms with van der Waals surface area (Å²) in [6.45, 7) is 6.26. The van der Waals surface area contributed by atoms with Gasteiger partial charge in [0.05, 0.1) is 22.6 Å². The molecular formula is C43H52F2N14O6. The molecule has 0 amide bonds. The van der Waals surface area contributed by atoms with E-state index in [1.807, 2.05) is 31.4 Å². The number of nitrogens with one attached hydrogen (secondary N) is 2. The summed E-state index contributed by atoms with van der Waals surface area (Å²) in [5.74, 6) is -5.32. The number of aliphatic imine (C=N–C) groups is 2. The third kappa shape index (κ3) is 8.32. The van der Waals surface area contributed by atoms with Crippen molar-refractivity contribution in [2.24, 2.45) is 27.4 Å². The number of pyridine rings is 1. The largest absolute Gasteiger partial charge is 0.481 e. The van der Waals surface area contributed by atoms with Crippen molar-refractivity contribution < 1.29 is 33.4 Å². The number of halogens is 2. The number of nitrogens with two attached hydrogens (primary N) is 2. The van der Waals surface area contributed by atoms with E-state index in [1.54, 1.807) is 26.5 Å². The minimum Gasteiger partial charge on any atom is -0.481 e. The first-order valence-corrected chi connectivity index (χ1v) is 21.9. The normalized spacial score (nSPS) is 22.1. The standard InChI is InChI=1S/C43H52F2N14O6/c1-23-20-56(42(48)50-40(46)54-10-6-52(7-11-54)34-18-32-26(16-30(34)44)36(60)28(38(62)63)21-58(32)24-2-3-24)14-15-57(23)43(49)51-41(47)55-12-8-53(9-13-55)35-19-33-27(17-31(35)45)37(61)29(39(64)65)22-59(33)25-4-5-25/h16-19,22-25,28H,2-15,20-21H2,1H3,(H,62,63)(H,64,65)(H3,46,48,50)(H3,47,49,51). The molecule has 0 bridgehead atoms. The molecule has 0 spiro atoms. The van der Waals surface area contributed by atoms with Gasteiger partial charge in [-0.25, -0.2) is 13.6 Å². The van der Waals surface area contributed by atoms with Crippen molar-refractivity contribution in [3.63, 3.8) is 0 Å². The summed E-state index contributed by atoms with van der Waals surface area (Å²) in [7, 11) is 0. The number of hydrogen-bond acceptors (Lipinski definition) is 9. The van der Waals surface area contributed by atoms with Gasteiger partial charge in [-0.2, -0.15) is 9.98 Å². The SMILES string of the molecule is CC1CN(C(=N)/N=C(\N)N2CCN(c3cc4c(cc3F)C(=O)C(C(=O)O)CN4C3CC3)CC2)CCN1/C(N)=N/C(=N)N1CCN(c2cc3c(cc2F)c(=O)c(C(=O)O)cn3C2CC2)CC1. The van der Waals surface area contributed by atoms with Crippen LogP contribution in [0.2, 0.25) is 0 Å². The van der Waals surface area contributed by atoms with Gasteiger partial charge in [-0.3, -0.25) is 25.2 Å². The average molecular weight is 899 g/mol. The maximum Gasteiger partial charge on any atom is 0.341 e. The van der Waals surface area contributed by atoms with Crippen molar-refractivity contribution in [3.05, 3.63) is 63.4 Å². The second kappa shape index (κ2) is 16.8. The highest BCUT2D eigenvalue weighted by Gasteiger charge is 2.43. The molecular weight excluding hydrogens is 847 g/mol. The molecule has 2 saturated carbocycles. The minimum atomic E-state index is -1.35. The Bertz CT molecular complexity index is 2610. The molecule has 9 rings (SSSR count). The molecule has 3 saturated heterocycles. The predicted octanol–water partition coefficient (Wildman–Crippen LogP) is 1.63. The van der Waals surface area contributed by atoms with Crippen LogP contribution in [0.15, 0.2) is 45.2 Å². The van der Waals surface area contributed by atoms with Crippen LogP contribution in [0.4, 0.5) is 25.8 Å². The van der Waals surface area contributed by atoms with E-state index in [0.29, 0.717) is 94.6 Å². The van der Waals surface area contributed by atoms with Gasteiger partial charge in [0.1, 0.15) is 23.1 Å². The van der Waals surface area contributed by atoms with Gasteiger partial charge in [0, 0.05) is 114 Å². The molecule has 5 fully saturated rings. The fraction of sp³-hybridized carbons (Fsp3) is 0.488. The van der Waals surface area contributed by atoms with Crippen molar-refractivity contribution in [3.8, 4) is 0 Å². The Balaban J connectivity index is 0.772. The first-order chi connectivity index (χ1) is 31.1. The van der Waals surface area contributed by atoms with E-state index < -0.39 is 40.7 Å². The number of carboxylic acids is 2. The monoisotopic (exact) mass is 898 g/mol. The topological polar surface area (TPSA) is 261 Å². The number of guanidine groups is 4. The molecule has 2 aliphatic carbocycles. The number of fused-ring (bicyclic) bond motifs is 2. The number of rotatable bonds is 6. The zero-order valence-electron chi connectivity index (χ0n) is 35.9. The predicted molar refractivity (Wildman–Crippen MR) is 240 cm³/mol. The summed E-state index contributed by atoms with van der Waals surface area (Å²) in [5.41, 5.74) is 13.6. The number of carboxylic acid groups (broad SMARTS) is 2. The highest BCUT2D eigenvalue weighted by Crippen LogP contribution is 2.42. The zero-order valence-corrected chi connectivity index (χ0v) is 35.9. The Kier molecular flexibility index (Phi) is 11.2. The lowest BCUT2D eigenvalue weighted by Crippen LogP contribution is -2.58. The summed E-state index contributed by atoms with van der Waals surface area (Å²) in [4.78, 5) is 71.2. The van der Waals surface area contributed by atoms with Crippen molar-refractivity contribution >= 4 is 69.5 Å². The molecule has 2 unspecified atom stereocenters. The Morgan fingerprint density at radius 2 is 1.28 bits per heavy atom. The lowest BCUT2D eigenvalue weighted by atomic mass is 9.90. The highest BCUT2D eigenvalue weighted by atomic mass is 19.1. The molecule has 8 N–H and O–H groups in total. The summed E-state index contributed by atoms with van der Waals surface area (Å²) < 4.78 is 32.9. The van der Waals surface area contributed by atoms with Crippen LogP contribution < -0.4 is 31.6 Å². The third-order valence-corrected chi connectivity index (χ3v) is 13.4. The van der Waals surface area contributed by atoms with Crippen LogP contribution in [0.3, 0.4) is 0 Å². The third-order valence-electron chi connectivity index (χ3n) is 13.4. The molecule has 3 aromatic rings. The number of carbonyl (C=O) groups excluding carboxylic acids is 1. The number of anilines is 3. The van der Waals surface area contributed by atoms with Gasteiger partial charge >= 0.3 is 11.9 Å². The second-order valence-corrected chi connectivity index (χ2v) is 17.6. The molecule has 344 valence electrons. The lowest BCUT2D eigenvalue weighted by Gasteiger charge is -2.41. The van der Waals surface area contributed by atoms with Crippen LogP contribution >= 0.6 is 0 Å². The van der Waals surface area contributed by atoms with Crippen LogP contribution in [-0.2, 0) is 4.79 Å². The zero-order chi connectivity index (χ0) is 46.0. The first kappa shape index (κ1) is 43.3. The van der Waals surface area contributed by atoms with E-state index >= 15 is 8.78 Å². The highest BCUT2D eigenvalue weighted by molar-refractivity contribution is 6.13. The van der Waals surface area contributed by atoms with Crippen LogP contribution in [0.25, 0.3) is 10.9 Å². The Hall–Kier alpha value is -7.00. The number of nitrogens with zero attached hydrogens (tertiary/aromatic N) is 10. The molecule has 6 aliphatic rings. The molecule has 20 nitrogen and oxygen atoms in total. The minimum absolute atomic E-state index is 0.0218. The van der Waals surface area contributed by atoms with Gasteiger partial charge in [0.25, 0.3) is 0 Å². The Labute approximate surface area is 372 Å². The Morgan fingerprint density at radius 3 is 1.88 bits per heavy atom.